The second-order valence-corrected chi connectivity index (χ2v) is 7.98. The normalized spacial score (nSPS) is 26.7. The number of hydrogen-bond donors (Lipinski definition) is 2. The van der Waals surface area contributed by atoms with Crippen molar-refractivity contribution >= 4 is 5.69 Å². The van der Waals surface area contributed by atoms with Crippen molar-refractivity contribution in [2.75, 3.05) is 11.9 Å². The zero-order chi connectivity index (χ0) is 18.2. The molecule has 1 fully saturated rings. The summed E-state index contributed by atoms with van der Waals surface area (Å²) in [4.78, 5) is 0. The van der Waals surface area contributed by atoms with Gasteiger partial charge in [0, 0.05) is 12.2 Å². The van der Waals surface area contributed by atoms with Crippen LogP contribution < -0.4 is 5.32 Å². The third kappa shape index (κ3) is 4.64. The number of nitrogens with zero attached hydrogens (tertiary/aromatic N) is 1. The van der Waals surface area contributed by atoms with E-state index in [1.54, 1.807) is 6.07 Å². The summed E-state index contributed by atoms with van der Waals surface area (Å²) < 4.78 is 38.8. The van der Waals surface area contributed by atoms with Crippen molar-refractivity contribution in [3.8, 4) is 6.07 Å². The molecule has 0 aliphatic heterocycles. The molecule has 0 radical (unpaired) electrons. The van der Waals surface area contributed by atoms with E-state index in [9.17, 15) is 18.3 Å². The second-order valence-electron chi connectivity index (χ2n) is 7.98. The van der Waals surface area contributed by atoms with Crippen molar-refractivity contribution < 1.29 is 18.3 Å². The van der Waals surface area contributed by atoms with Crippen LogP contribution in [0.4, 0.5) is 18.9 Å². The lowest BCUT2D eigenvalue weighted by Gasteiger charge is -2.45. The summed E-state index contributed by atoms with van der Waals surface area (Å²) in [6, 6.07) is 5.06. The molecule has 1 saturated carbocycles. The van der Waals surface area contributed by atoms with Gasteiger partial charge in [-0.15, -0.1) is 0 Å². The zero-order valence-corrected chi connectivity index (χ0v) is 14.2. The maximum absolute atomic E-state index is 12.9. The quantitative estimate of drug-likeness (QED) is 0.848. The number of nitrogens with one attached hydrogen (secondary N) is 1. The number of halogens is 3. The SMILES string of the molecule is CC1(C)CC(O)CC(C)(CNc2cc(C#N)cc(C(F)(F)F)c2)C1. The van der Waals surface area contributed by atoms with E-state index in [0.717, 1.165) is 25.0 Å². The molecule has 2 atom stereocenters. The van der Waals surface area contributed by atoms with Gasteiger partial charge in [0.05, 0.1) is 23.3 Å². The molecular weight excluding hydrogens is 317 g/mol. The standard InChI is InChI=1S/C18H23F3N2O/c1-16(2)7-15(24)8-17(3,10-16)11-23-14-5-12(9-22)4-13(6-14)18(19,20)21/h4-6,15,23-24H,7-8,10-11H2,1-3H3. The van der Waals surface area contributed by atoms with Crippen LogP contribution in [0.2, 0.25) is 0 Å². The van der Waals surface area contributed by atoms with Crippen LogP contribution >= 0.6 is 0 Å². The first-order valence-corrected chi connectivity index (χ1v) is 7.97. The highest BCUT2D eigenvalue weighted by molar-refractivity contribution is 5.53. The molecule has 0 amide bonds. The van der Waals surface area contributed by atoms with Crippen molar-refractivity contribution in [3.05, 3.63) is 29.3 Å². The van der Waals surface area contributed by atoms with Gasteiger partial charge in [0.25, 0.3) is 0 Å². The first kappa shape index (κ1) is 18.6. The highest BCUT2D eigenvalue weighted by atomic mass is 19.4. The number of nitriles is 1. The molecule has 1 aromatic carbocycles. The molecule has 2 N–H and O–H groups in total. The summed E-state index contributed by atoms with van der Waals surface area (Å²) in [6.45, 7) is 6.65. The van der Waals surface area contributed by atoms with Crippen LogP contribution in [0.25, 0.3) is 0 Å². The van der Waals surface area contributed by atoms with Crippen LogP contribution in [0, 0.1) is 22.2 Å². The van der Waals surface area contributed by atoms with Crippen LogP contribution in [0.5, 0.6) is 0 Å². The molecule has 0 heterocycles. The van der Waals surface area contributed by atoms with Gasteiger partial charge < -0.3 is 10.4 Å². The Kier molecular flexibility index (Phi) is 4.87. The molecule has 24 heavy (non-hydrogen) atoms. The third-order valence-electron chi connectivity index (χ3n) is 4.53. The lowest BCUT2D eigenvalue weighted by atomic mass is 9.63. The Hall–Kier alpha value is -1.74. The van der Waals surface area contributed by atoms with E-state index < -0.39 is 17.8 Å². The summed E-state index contributed by atoms with van der Waals surface area (Å²) in [5.41, 5.74) is -0.817. The highest BCUT2D eigenvalue weighted by Crippen LogP contribution is 2.46. The fourth-order valence-corrected chi connectivity index (χ4v) is 3.99. The predicted octanol–water partition coefficient (Wildman–Crippen LogP) is 4.57. The van der Waals surface area contributed by atoms with Gasteiger partial charge in [-0.2, -0.15) is 18.4 Å². The van der Waals surface area contributed by atoms with E-state index in [2.05, 4.69) is 19.2 Å². The van der Waals surface area contributed by atoms with Crippen molar-refractivity contribution in [2.45, 2.75) is 52.3 Å². The van der Waals surface area contributed by atoms with E-state index in [1.165, 1.54) is 6.07 Å². The fourth-order valence-electron chi connectivity index (χ4n) is 3.99. The highest BCUT2D eigenvalue weighted by Gasteiger charge is 2.40. The summed E-state index contributed by atoms with van der Waals surface area (Å²) >= 11 is 0. The number of rotatable bonds is 3. The van der Waals surface area contributed by atoms with Crippen molar-refractivity contribution in [3.63, 3.8) is 0 Å². The van der Waals surface area contributed by atoms with Crippen LogP contribution in [0.3, 0.4) is 0 Å². The maximum atomic E-state index is 12.9. The molecule has 0 spiro atoms. The van der Waals surface area contributed by atoms with E-state index in [1.807, 2.05) is 6.92 Å². The van der Waals surface area contributed by atoms with Gasteiger partial charge in [-0.25, -0.2) is 0 Å². The number of hydrogen-bond acceptors (Lipinski definition) is 3. The number of benzene rings is 1. The Bertz CT molecular complexity index is 649. The molecule has 0 aromatic heterocycles. The molecule has 1 aliphatic carbocycles. The van der Waals surface area contributed by atoms with Gasteiger partial charge in [-0.05, 0) is 48.3 Å². The van der Waals surface area contributed by atoms with Gasteiger partial charge in [0.15, 0.2) is 0 Å². The maximum Gasteiger partial charge on any atom is 0.416 e. The molecule has 1 aliphatic rings. The lowest BCUT2D eigenvalue weighted by molar-refractivity contribution is -0.137. The Morgan fingerprint density at radius 1 is 1.25 bits per heavy atom. The van der Waals surface area contributed by atoms with Crippen molar-refractivity contribution in [1.29, 1.82) is 5.26 Å². The number of aliphatic hydroxyl groups excluding tert-OH is 1. The Labute approximate surface area is 140 Å². The molecule has 0 saturated heterocycles. The molecule has 2 unspecified atom stereocenters. The first-order chi connectivity index (χ1) is 10.9. The minimum absolute atomic E-state index is 0.0142. The summed E-state index contributed by atoms with van der Waals surface area (Å²) in [7, 11) is 0. The number of anilines is 1. The Morgan fingerprint density at radius 2 is 1.92 bits per heavy atom. The molecular formula is C18H23F3N2O. The molecule has 6 heteroatoms. The van der Waals surface area contributed by atoms with E-state index in [4.69, 9.17) is 5.26 Å². The van der Waals surface area contributed by atoms with Crippen LogP contribution in [0.1, 0.15) is 51.2 Å². The van der Waals surface area contributed by atoms with Crippen LogP contribution in [-0.4, -0.2) is 17.8 Å². The topological polar surface area (TPSA) is 56.0 Å². The molecule has 1 aromatic rings. The largest absolute Gasteiger partial charge is 0.416 e. The Balaban J connectivity index is 2.18. The molecule has 3 nitrogen and oxygen atoms in total. The minimum Gasteiger partial charge on any atom is -0.393 e. The third-order valence-corrected chi connectivity index (χ3v) is 4.53. The van der Waals surface area contributed by atoms with E-state index in [-0.39, 0.29) is 22.1 Å². The average Bonchev–Trinajstić information content (AvgIpc) is 2.41. The van der Waals surface area contributed by atoms with Crippen LogP contribution in [0.15, 0.2) is 18.2 Å². The van der Waals surface area contributed by atoms with Gasteiger partial charge in [-0.1, -0.05) is 20.8 Å². The predicted molar refractivity (Wildman–Crippen MR) is 86.4 cm³/mol. The first-order valence-electron chi connectivity index (χ1n) is 7.97. The van der Waals surface area contributed by atoms with Crippen LogP contribution in [-0.2, 0) is 6.18 Å². The van der Waals surface area contributed by atoms with Gasteiger partial charge in [0.2, 0.25) is 0 Å². The van der Waals surface area contributed by atoms with E-state index in [0.29, 0.717) is 13.0 Å². The molecule has 132 valence electrons. The molecule has 2 rings (SSSR count). The molecule has 0 bridgehead atoms. The van der Waals surface area contributed by atoms with Gasteiger partial charge in [0.1, 0.15) is 0 Å². The Morgan fingerprint density at radius 3 is 2.46 bits per heavy atom. The minimum atomic E-state index is -4.49. The zero-order valence-electron chi connectivity index (χ0n) is 14.2. The lowest BCUT2D eigenvalue weighted by Crippen LogP contribution is -2.42. The van der Waals surface area contributed by atoms with Crippen molar-refractivity contribution in [1.82, 2.24) is 0 Å². The number of aliphatic hydroxyl groups is 1. The van der Waals surface area contributed by atoms with E-state index >= 15 is 0 Å². The van der Waals surface area contributed by atoms with Gasteiger partial charge in [-0.3, -0.25) is 0 Å². The fraction of sp³-hybridized carbons (Fsp3) is 0.611. The summed E-state index contributed by atoms with van der Waals surface area (Å²) in [5, 5.41) is 22.1. The number of alkyl halides is 3. The second kappa shape index (κ2) is 6.29. The smallest absolute Gasteiger partial charge is 0.393 e. The summed E-state index contributed by atoms with van der Waals surface area (Å²) in [6.07, 6.45) is -2.69. The average molecular weight is 340 g/mol. The van der Waals surface area contributed by atoms with Gasteiger partial charge >= 0.3 is 6.18 Å². The van der Waals surface area contributed by atoms with Crippen molar-refractivity contribution in [2.24, 2.45) is 10.8 Å². The summed E-state index contributed by atoms with van der Waals surface area (Å²) in [5.74, 6) is 0. The monoisotopic (exact) mass is 340 g/mol.